The summed E-state index contributed by atoms with van der Waals surface area (Å²) in [6.07, 6.45) is 1.15. The molecule has 100 valence electrons. The van der Waals surface area contributed by atoms with E-state index in [1.807, 2.05) is 24.3 Å². The van der Waals surface area contributed by atoms with Gasteiger partial charge < -0.3 is 10.1 Å². The Kier molecular flexibility index (Phi) is 4.99. The zero-order valence-corrected chi connectivity index (χ0v) is 11.6. The lowest BCUT2D eigenvalue weighted by Crippen LogP contribution is -2.13. The van der Waals surface area contributed by atoms with E-state index in [2.05, 4.69) is 43.4 Å². The molecule has 0 aliphatic heterocycles. The van der Waals surface area contributed by atoms with Crippen LogP contribution in [0.25, 0.3) is 0 Å². The Hall–Kier alpha value is -1.80. The first kappa shape index (κ1) is 13.6. The first-order chi connectivity index (χ1) is 9.28. The number of hydrogen-bond donors (Lipinski definition) is 1. The third-order valence-corrected chi connectivity index (χ3v) is 2.91. The van der Waals surface area contributed by atoms with Gasteiger partial charge >= 0.3 is 0 Å². The van der Waals surface area contributed by atoms with E-state index in [4.69, 9.17) is 4.74 Å². The van der Waals surface area contributed by atoms with E-state index in [0.717, 1.165) is 31.0 Å². The molecule has 2 nitrogen and oxygen atoms in total. The highest BCUT2D eigenvalue weighted by molar-refractivity contribution is 5.35. The summed E-state index contributed by atoms with van der Waals surface area (Å²) in [6, 6.07) is 16.3. The average molecular weight is 255 g/mol. The Bertz CT molecular complexity index is 505. The zero-order chi connectivity index (χ0) is 13.5. The molecule has 1 N–H and O–H groups in total. The van der Waals surface area contributed by atoms with E-state index in [1.54, 1.807) is 0 Å². The minimum absolute atomic E-state index is 0.879. The molecule has 2 rings (SSSR count). The molecular weight excluding hydrogens is 234 g/mol. The van der Waals surface area contributed by atoms with Gasteiger partial charge in [0.2, 0.25) is 0 Å². The van der Waals surface area contributed by atoms with Crippen LogP contribution < -0.4 is 10.1 Å². The fourth-order valence-corrected chi connectivity index (χ4v) is 1.87. The maximum Gasteiger partial charge on any atom is 0.127 e. The van der Waals surface area contributed by atoms with Crippen LogP contribution in [0, 0.1) is 6.92 Å². The van der Waals surface area contributed by atoms with Crippen molar-refractivity contribution in [3.8, 4) is 11.5 Å². The normalized spacial score (nSPS) is 10.4. The monoisotopic (exact) mass is 255 g/mol. The highest BCUT2D eigenvalue weighted by Gasteiger charge is 1.99. The van der Waals surface area contributed by atoms with Crippen molar-refractivity contribution in [2.24, 2.45) is 0 Å². The van der Waals surface area contributed by atoms with Crippen LogP contribution in [-0.4, -0.2) is 6.54 Å². The molecule has 0 radical (unpaired) electrons. The Labute approximate surface area is 115 Å². The van der Waals surface area contributed by atoms with E-state index < -0.39 is 0 Å². The summed E-state index contributed by atoms with van der Waals surface area (Å²) >= 11 is 0. The molecule has 2 aromatic rings. The topological polar surface area (TPSA) is 21.3 Å². The average Bonchev–Trinajstić information content (AvgIpc) is 2.42. The molecule has 0 saturated heterocycles. The van der Waals surface area contributed by atoms with Gasteiger partial charge in [-0.15, -0.1) is 0 Å². The number of aryl methyl sites for hydroxylation is 1. The molecule has 0 amide bonds. The van der Waals surface area contributed by atoms with E-state index >= 15 is 0 Å². The van der Waals surface area contributed by atoms with Gasteiger partial charge in [0.15, 0.2) is 0 Å². The van der Waals surface area contributed by atoms with Crippen molar-refractivity contribution in [3.63, 3.8) is 0 Å². The van der Waals surface area contributed by atoms with Gasteiger partial charge in [-0.2, -0.15) is 0 Å². The molecule has 0 bridgehead atoms. The highest BCUT2D eigenvalue weighted by atomic mass is 16.5. The molecule has 0 saturated carbocycles. The van der Waals surface area contributed by atoms with Crippen LogP contribution in [0.5, 0.6) is 11.5 Å². The van der Waals surface area contributed by atoms with Gasteiger partial charge in [-0.25, -0.2) is 0 Å². The van der Waals surface area contributed by atoms with Crippen molar-refractivity contribution in [3.05, 3.63) is 59.7 Å². The summed E-state index contributed by atoms with van der Waals surface area (Å²) in [6.45, 7) is 6.18. The largest absolute Gasteiger partial charge is 0.457 e. The molecule has 0 atom stereocenters. The van der Waals surface area contributed by atoms with Gasteiger partial charge in [0.25, 0.3) is 0 Å². The van der Waals surface area contributed by atoms with Gasteiger partial charge in [-0.05, 0) is 49.7 Å². The number of benzene rings is 2. The molecule has 2 heteroatoms. The number of rotatable bonds is 6. The van der Waals surface area contributed by atoms with Gasteiger partial charge in [0.1, 0.15) is 11.5 Å². The maximum atomic E-state index is 5.85. The number of ether oxygens (including phenoxy) is 1. The SMILES string of the molecule is CCCNCc1cccc(Oc2ccc(C)cc2)c1. The lowest BCUT2D eigenvalue weighted by molar-refractivity contribution is 0.481. The summed E-state index contributed by atoms with van der Waals surface area (Å²) in [4.78, 5) is 0. The second-order valence-corrected chi connectivity index (χ2v) is 4.74. The quantitative estimate of drug-likeness (QED) is 0.778. The van der Waals surface area contributed by atoms with Crippen LogP contribution in [0.1, 0.15) is 24.5 Å². The number of nitrogens with one attached hydrogen (secondary N) is 1. The van der Waals surface area contributed by atoms with E-state index in [1.165, 1.54) is 11.1 Å². The molecule has 2 aromatic carbocycles. The Morgan fingerprint density at radius 3 is 2.53 bits per heavy atom. The molecule has 0 spiro atoms. The van der Waals surface area contributed by atoms with Crippen LogP contribution in [0.15, 0.2) is 48.5 Å². The standard InChI is InChI=1S/C17H21NO/c1-3-11-18-13-15-5-4-6-17(12-15)19-16-9-7-14(2)8-10-16/h4-10,12,18H,3,11,13H2,1-2H3. The molecular formula is C17H21NO. The summed E-state index contributed by atoms with van der Waals surface area (Å²) in [5.41, 5.74) is 2.49. The van der Waals surface area contributed by atoms with Crippen LogP contribution in [0.3, 0.4) is 0 Å². The van der Waals surface area contributed by atoms with Gasteiger partial charge in [-0.3, -0.25) is 0 Å². The molecule has 0 aliphatic rings. The van der Waals surface area contributed by atoms with Crippen molar-refractivity contribution in [2.45, 2.75) is 26.8 Å². The second-order valence-electron chi connectivity index (χ2n) is 4.74. The lowest BCUT2D eigenvalue weighted by Gasteiger charge is -2.08. The van der Waals surface area contributed by atoms with Crippen LogP contribution in [-0.2, 0) is 6.54 Å². The van der Waals surface area contributed by atoms with Gasteiger partial charge in [-0.1, -0.05) is 36.8 Å². The molecule has 0 aliphatic carbocycles. The zero-order valence-electron chi connectivity index (χ0n) is 11.6. The number of hydrogen-bond acceptors (Lipinski definition) is 2. The Balaban J connectivity index is 2.00. The van der Waals surface area contributed by atoms with E-state index in [9.17, 15) is 0 Å². The lowest BCUT2D eigenvalue weighted by atomic mass is 10.2. The van der Waals surface area contributed by atoms with E-state index in [-0.39, 0.29) is 0 Å². The summed E-state index contributed by atoms with van der Waals surface area (Å²) in [5, 5.41) is 3.39. The fourth-order valence-electron chi connectivity index (χ4n) is 1.87. The first-order valence-corrected chi connectivity index (χ1v) is 6.82. The maximum absolute atomic E-state index is 5.85. The summed E-state index contributed by atoms with van der Waals surface area (Å²) in [7, 11) is 0. The van der Waals surface area contributed by atoms with Crippen molar-refractivity contribution in [2.75, 3.05) is 6.54 Å². The van der Waals surface area contributed by atoms with E-state index in [0.29, 0.717) is 0 Å². The third kappa shape index (κ3) is 4.42. The molecule has 0 fully saturated rings. The van der Waals surface area contributed by atoms with Crippen molar-refractivity contribution in [1.82, 2.24) is 5.32 Å². The molecule has 0 heterocycles. The third-order valence-electron chi connectivity index (χ3n) is 2.91. The first-order valence-electron chi connectivity index (χ1n) is 6.82. The Morgan fingerprint density at radius 2 is 1.79 bits per heavy atom. The van der Waals surface area contributed by atoms with Gasteiger partial charge in [0, 0.05) is 6.54 Å². The second kappa shape index (κ2) is 6.95. The molecule has 19 heavy (non-hydrogen) atoms. The predicted octanol–water partition coefficient (Wildman–Crippen LogP) is 4.29. The molecule has 0 unspecified atom stereocenters. The fraction of sp³-hybridized carbons (Fsp3) is 0.294. The van der Waals surface area contributed by atoms with Crippen LogP contribution in [0.2, 0.25) is 0 Å². The highest BCUT2D eigenvalue weighted by Crippen LogP contribution is 2.22. The van der Waals surface area contributed by atoms with Crippen LogP contribution >= 0.6 is 0 Å². The van der Waals surface area contributed by atoms with Gasteiger partial charge in [0.05, 0.1) is 0 Å². The predicted molar refractivity (Wildman–Crippen MR) is 79.7 cm³/mol. The minimum Gasteiger partial charge on any atom is -0.457 e. The Morgan fingerprint density at radius 1 is 1.00 bits per heavy atom. The summed E-state index contributed by atoms with van der Waals surface area (Å²) in [5.74, 6) is 1.77. The smallest absolute Gasteiger partial charge is 0.127 e. The van der Waals surface area contributed by atoms with Crippen molar-refractivity contribution in [1.29, 1.82) is 0 Å². The minimum atomic E-state index is 0.879. The summed E-state index contributed by atoms with van der Waals surface area (Å²) < 4.78 is 5.85. The van der Waals surface area contributed by atoms with Crippen molar-refractivity contribution < 1.29 is 4.74 Å². The van der Waals surface area contributed by atoms with Crippen LogP contribution in [0.4, 0.5) is 0 Å². The van der Waals surface area contributed by atoms with Crippen molar-refractivity contribution >= 4 is 0 Å². The molecule has 0 aromatic heterocycles.